The van der Waals surface area contributed by atoms with Crippen LogP contribution < -0.4 is 32.7 Å². The number of amides is 6. The summed E-state index contributed by atoms with van der Waals surface area (Å²) in [7, 11) is 0. The van der Waals surface area contributed by atoms with E-state index in [1.54, 1.807) is 18.3 Å². The zero-order chi connectivity index (χ0) is 35.9. The van der Waals surface area contributed by atoms with Gasteiger partial charge in [0, 0.05) is 42.2 Å². The Hall–Kier alpha value is -5.86. The molecule has 6 amide bonds. The Labute approximate surface area is 288 Å². The molecule has 2 aliphatic rings. The lowest BCUT2D eigenvalue weighted by atomic mass is 10.0. The number of benzene rings is 2. The van der Waals surface area contributed by atoms with Crippen LogP contribution >= 0.6 is 0 Å². The van der Waals surface area contributed by atoms with E-state index in [1.807, 2.05) is 24.3 Å². The number of nitrogens with zero attached hydrogens (tertiary/aromatic N) is 1. The molecule has 5 atom stereocenters. The quantitative estimate of drug-likeness (QED) is 0.112. The molecule has 5 rings (SSSR count). The lowest BCUT2D eigenvalue weighted by Crippen LogP contribution is -2.59. The minimum absolute atomic E-state index is 0.0117. The standard InChI is InChI=1S/C35H42N8O7/c1-19-8-13-25(39-19)32(47)42-28(17-30(36)45)35(50)43-14-4-7-29(43)34(49)41-27(15-20-9-11-22(44)12-10-20)33(48)40-26(31(37)46)16-21-18-38-24-6-3-2-5-23(21)24/h2-3,5-6,9-12,18,25-29,38-39,44H,1,4,7-8,13-17H2,(H2,36,45)(H2,37,46)(H,40,48)(H,41,49)(H,42,47). The zero-order valence-electron chi connectivity index (χ0n) is 27.4. The first-order valence-corrected chi connectivity index (χ1v) is 16.5. The number of aromatic amines is 1. The van der Waals surface area contributed by atoms with Gasteiger partial charge in [0.2, 0.25) is 35.4 Å². The first kappa shape index (κ1) is 35.4. The number of phenols is 1. The van der Waals surface area contributed by atoms with Gasteiger partial charge in [0.1, 0.15) is 36.0 Å². The summed E-state index contributed by atoms with van der Waals surface area (Å²) in [6.45, 7) is 3.98. The van der Waals surface area contributed by atoms with Crippen LogP contribution in [0.4, 0.5) is 0 Å². The van der Waals surface area contributed by atoms with Crippen LogP contribution in [0.3, 0.4) is 0 Å². The van der Waals surface area contributed by atoms with Crippen LogP contribution in [0.1, 0.15) is 43.2 Å². The number of hydrogen-bond acceptors (Lipinski definition) is 8. The van der Waals surface area contributed by atoms with E-state index in [0.717, 1.165) is 16.5 Å². The van der Waals surface area contributed by atoms with Crippen LogP contribution in [0.2, 0.25) is 0 Å². The third-order valence-electron chi connectivity index (χ3n) is 9.06. The smallest absolute Gasteiger partial charge is 0.246 e. The highest BCUT2D eigenvalue weighted by Crippen LogP contribution is 2.22. The van der Waals surface area contributed by atoms with Crippen LogP contribution in [0, 0.1) is 0 Å². The number of rotatable bonds is 14. The topological polar surface area (TPSA) is 242 Å². The van der Waals surface area contributed by atoms with Crippen molar-refractivity contribution in [3.63, 3.8) is 0 Å². The molecule has 0 spiro atoms. The van der Waals surface area contributed by atoms with Crippen molar-refractivity contribution >= 4 is 46.3 Å². The second kappa shape index (κ2) is 15.6. The summed E-state index contributed by atoms with van der Waals surface area (Å²) >= 11 is 0. The van der Waals surface area contributed by atoms with E-state index in [4.69, 9.17) is 11.5 Å². The van der Waals surface area contributed by atoms with Crippen molar-refractivity contribution in [1.29, 1.82) is 0 Å². The Morgan fingerprint density at radius 1 is 0.900 bits per heavy atom. The average molecular weight is 687 g/mol. The predicted octanol–water partition coefficient (Wildman–Crippen LogP) is -0.269. The Morgan fingerprint density at radius 3 is 2.30 bits per heavy atom. The van der Waals surface area contributed by atoms with Gasteiger partial charge >= 0.3 is 0 Å². The molecule has 5 unspecified atom stereocenters. The second-order valence-electron chi connectivity index (χ2n) is 12.7. The average Bonchev–Trinajstić information content (AvgIpc) is 3.84. The number of para-hydroxylation sites is 1. The highest BCUT2D eigenvalue weighted by atomic mass is 16.3. The highest BCUT2D eigenvalue weighted by molar-refractivity contribution is 5.98. The number of nitrogens with two attached hydrogens (primary N) is 2. The number of nitrogens with one attached hydrogen (secondary N) is 5. The molecular formula is C35H42N8O7. The summed E-state index contributed by atoms with van der Waals surface area (Å²) in [6.07, 6.45) is 3.11. The minimum atomic E-state index is -1.30. The van der Waals surface area contributed by atoms with Crippen LogP contribution in [0.15, 0.2) is 67.0 Å². The fraction of sp³-hybridized carbons (Fsp3) is 0.371. The molecule has 0 saturated carbocycles. The summed E-state index contributed by atoms with van der Waals surface area (Å²) in [4.78, 5) is 83.2. The van der Waals surface area contributed by atoms with Crippen molar-refractivity contribution in [2.45, 2.75) is 75.2 Å². The number of likely N-dealkylation sites (tertiary alicyclic amines) is 1. The third kappa shape index (κ3) is 8.59. The number of allylic oxidation sites excluding steroid dienone is 1. The minimum Gasteiger partial charge on any atom is -0.508 e. The second-order valence-corrected chi connectivity index (χ2v) is 12.7. The monoisotopic (exact) mass is 686 g/mol. The van der Waals surface area contributed by atoms with Gasteiger partial charge < -0.3 is 47.7 Å². The van der Waals surface area contributed by atoms with Crippen molar-refractivity contribution in [2.75, 3.05) is 6.54 Å². The summed E-state index contributed by atoms with van der Waals surface area (Å²) in [5, 5.41) is 21.6. The number of carbonyl (C=O) groups is 6. The van der Waals surface area contributed by atoms with E-state index in [-0.39, 0.29) is 31.6 Å². The number of aromatic nitrogens is 1. The van der Waals surface area contributed by atoms with E-state index < -0.39 is 72.1 Å². The molecule has 3 heterocycles. The predicted molar refractivity (Wildman–Crippen MR) is 183 cm³/mol. The number of carbonyl (C=O) groups excluding carboxylic acids is 6. The maximum absolute atomic E-state index is 13.8. The zero-order valence-corrected chi connectivity index (χ0v) is 27.4. The molecule has 10 N–H and O–H groups in total. The van der Waals surface area contributed by atoms with Crippen LogP contribution in [-0.4, -0.2) is 87.2 Å². The Kier molecular flexibility index (Phi) is 11.0. The molecule has 0 aliphatic carbocycles. The Bertz CT molecular complexity index is 1790. The molecular weight excluding hydrogens is 644 g/mol. The maximum atomic E-state index is 13.8. The molecule has 0 bridgehead atoms. The van der Waals surface area contributed by atoms with E-state index in [1.165, 1.54) is 17.0 Å². The van der Waals surface area contributed by atoms with Crippen molar-refractivity contribution in [3.8, 4) is 5.75 Å². The lowest BCUT2D eigenvalue weighted by molar-refractivity contribution is -0.143. The largest absolute Gasteiger partial charge is 0.508 e. The first-order valence-electron chi connectivity index (χ1n) is 16.5. The van der Waals surface area contributed by atoms with Gasteiger partial charge in [-0.1, -0.05) is 36.9 Å². The number of fused-ring (bicyclic) bond motifs is 1. The molecule has 264 valence electrons. The third-order valence-corrected chi connectivity index (χ3v) is 9.06. The van der Waals surface area contributed by atoms with E-state index >= 15 is 0 Å². The van der Waals surface area contributed by atoms with Gasteiger partial charge in [0.25, 0.3) is 0 Å². The SMILES string of the molecule is C=C1CCC(C(=O)NC(CC(N)=O)C(=O)N2CCCC2C(=O)NC(Cc2ccc(O)cc2)C(=O)NC(Cc2c[nH]c3ccccc23)C(N)=O)N1. The molecule has 15 nitrogen and oxygen atoms in total. The fourth-order valence-electron chi connectivity index (χ4n) is 6.44. The molecule has 1 aromatic heterocycles. The van der Waals surface area contributed by atoms with Gasteiger partial charge in [-0.05, 0) is 55.0 Å². The summed E-state index contributed by atoms with van der Waals surface area (Å²) in [6, 6.07) is 8.27. The maximum Gasteiger partial charge on any atom is 0.246 e. The van der Waals surface area contributed by atoms with Crippen molar-refractivity contribution in [1.82, 2.24) is 31.2 Å². The molecule has 15 heteroatoms. The molecule has 0 radical (unpaired) electrons. The van der Waals surface area contributed by atoms with E-state index in [2.05, 4.69) is 32.8 Å². The molecule has 2 fully saturated rings. The Morgan fingerprint density at radius 2 is 1.62 bits per heavy atom. The molecule has 2 saturated heterocycles. The van der Waals surface area contributed by atoms with Crippen LogP contribution in [-0.2, 0) is 41.6 Å². The van der Waals surface area contributed by atoms with Crippen molar-refractivity contribution in [3.05, 3.63) is 78.1 Å². The van der Waals surface area contributed by atoms with E-state index in [9.17, 15) is 33.9 Å². The van der Waals surface area contributed by atoms with Gasteiger partial charge in [0.05, 0.1) is 6.42 Å². The summed E-state index contributed by atoms with van der Waals surface area (Å²) in [5.74, 6) is -4.04. The number of H-pyrrole nitrogens is 1. The van der Waals surface area contributed by atoms with Gasteiger partial charge in [-0.3, -0.25) is 28.8 Å². The van der Waals surface area contributed by atoms with Gasteiger partial charge in [-0.15, -0.1) is 0 Å². The molecule has 2 aliphatic heterocycles. The van der Waals surface area contributed by atoms with Gasteiger partial charge in [-0.2, -0.15) is 0 Å². The molecule has 50 heavy (non-hydrogen) atoms. The highest BCUT2D eigenvalue weighted by Gasteiger charge is 2.40. The normalized spacial score (nSPS) is 18.9. The lowest BCUT2D eigenvalue weighted by Gasteiger charge is -2.30. The van der Waals surface area contributed by atoms with E-state index in [0.29, 0.717) is 30.5 Å². The van der Waals surface area contributed by atoms with Crippen molar-refractivity contribution < 1.29 is 33.9 Å². The van der Waals surface area contributed by atoms with Gasteiger partial charge in [-0.25, -0.2) is 0 Å². The van der Waals surface area contributed by atoms with Crippen LogP contribution in [0.5, 0.6) is 5.75 Å². The van der Waals surface area contributed by atoms with Gasteiger partial charge in [0.15, 0.2) is 0 Å². The molecule has 2 aromatic carbocycles. The first-order chi connectivity index (χ1) is 23.9. The molecule has 3 aromatic rings. The fourth-order valence-corrected chi connectivity index (χ4v) is 6.44. The number of phenolic OH excluding ortho intramolecular Hbond substituents is 1. The van der Waals surface area contributed by atoms with Crippen LogP contribution in [0.25, 0.3) is 10.9 Å². The Balaban J connectivity index is 1.32. The summed E-state index contributed by atoms with van der Waals surface area (Å²) in [5.41, 5.74) is 14.0. The number of primary amides is 2. The van der Waals surface area contributed by atoms with Crippen molar-refractivity contribution in [2.24, 2.45) is 11.5 Å². The summed E-state index contributed by atoms with van der Waals surface area (Å²) < 4.78 is 0. The number of hydrogen-bond donors (Lipinski definition) is 8. The number of aromatic hydroxyl groups is 1.